The Hall–Kier alpha value is -2.24. The number of rotatable bonds is 2. The lowest BCUT2D eigenvalue weighted by atomic mass is 9.83. The Bertz CT molecular complexity index is 754. The van der Waals surface area contributed by atoms with Gasteiger partial charge in [0.15, 0.2) is 6.29 Å². The van der Waals surface area contributed by atoms with Crippen molar-refractivity contribution in [3.05, 3.63) is 47.5 Å². The Morgan fingerprint density at radius 1 is 0.913 bits per heavy atom. The standard InChI is InChI=1S/C18H19NO4/c1-18(2,3)14(17(22)23)19-15(20)11-8-4-6-10-7-5-9-12(13(10)11)16(19)21/h4-9,14,17,22-23H,1-3H3. The molecule has 1 aliphatic heterocycles. The van der Waals surface area contributed by atoms with Gasteiger partial charge in [0.2, 0.25) is 0 Å². The number of carbonyl (C=O) groups excluding carboxylic acids is 2. The largest absolute Gasteiger partial charge is 0.366 e. The Morgan fingerprint density at radius 3 is 1.78 bits per heavy atom. The molecule has 0 radical (unpaired) electrons. The molecule has 1 heterocycles. The highest BCUT2D eigenvalue weighted by Crippen LogP contribution is 2.35. The van der Waals surface area contributed by atoms with Crippen LogP contribution in [0.15, 0.2) is 36.4 Å². The number of hydrogen-bond donors (Lipinski definition) is 2. The van der Waals surface area contributed by atoms with Crippen LogP contribution in [-0.4, -0.2) is 39.3 Å². The molecule has 1 unspecified atom stereocenters. The maximum absolute atomic E-state index is 12.9. The number of aliphatic hydroxyl groups is 2. The molecule has 2 amide bonds. The van der Waals surface area contributed by atoms with Crippen LogP contribution in [0.5, 0.6) is 0 Å². The first-order valence-electron chi connectivity index (χ1n) is 7.49. The Labute approximate surface area is 134 Å². The fraction of sp³-hybridized carbons (Fsp3) is 0.333. The second kappa shape index (κ2) is 5.15. The molecule has 0 aliphatic carbocycles. The lowest BCUT2D eigenvalue weighted by Gasteiger charge is -2.41. The molecule has 0 fully saturated rings. The van der Waals surface area contributed by atoms with E-state index in [1.54, 1.807) is 45.0 Å². The number of carbonyl (C=O) groups is 2. The second-order valence-corrected chi connectivity index (χ2v) is 6.91. The van der Waals surface area contributed by atoms with Crippen LogP contribution in [0.1, 0.15) is 41.5 Å². The van der Waals surface area contributed by atoms with Gasteiger partial charge in [-0.2, -0.15) is 0 Å². The predicted molar refractivity (Wildman–Crippen MR) is 85.9 cm³/mol. The van der Waals surface area contributed by atoms with E-state index in [1.807, 2.05) is 12.1 Å². The van der Waals surface area contributed by atoms with Gasteiger partial charge in [-0.1, -0.05) is 45.0 Å². The van der Waals surface area contributed by atoms with Gasteiger partial charge in [-0.15, -0.1) is 0 Å². The molecule has 2 aromatic rings. The first-order chi connectivity index (χ1) is 10.7. The molecule has 3 rings (SSSR count). The van der Waals surface area contributed by atoms with Gasteiger partial charge in [0.05, 0.1) is 6.04 Å². The minimum Gasteiger partial charge on any atom is -0.366 e. The van der Waals surface area contributed by atoms with Crippen LogP contribution in [0.2, 0.25) is 0 Å². The van der Waals surface area contributed by atoms with Crippen molar-refractivity contribution in [2.75, 3.05) is 0 Å². The van der Waals surface area contributed by atoms with E-state index >= 15 is 0 Å². The SMILES string of the molecule is CC(C)(C)C(C(O)O)N1C(=O)c2cccc3cccc(c23)C1=O. The molecule has 5 nitrogen and oxygen atoms in total. The molecule has 1 atom stereocenters. The summed E-state index contributed by atoms with van der Waals surface area (Å²) in [5, 5.41) is 21.0. The van der Waals surface area contributed by atoms with Crippen molar-refractivity contribution in [1.29, 1.82) is 0 Å². The number of amides is 2. The lowest BCUT2D eigenvalue weighted by Crippen LogP contribution is -2.57. The van der Waals surface area contributed by atoms with Crippen molar-refractivity contribution in [2.45, 2.75) is 33.1 Å². The molecule has 0 bridgehead atoms. The Kier molecular flexibility index (Phi) is 3.50. The van der Waals surface area contributed by atoms with Gasteiger partial charge in [0, 0.05) is 16.5 Å². The van der Waals surface area contributed by atoms with E-state index in [1.165, 1.54) is 0 Å². The minimum absolute atomic E-state index is 0.410. The summed E-state index contributed by atoms with van der Waals surface area (Å²) in [6, 6.07) is 9.50. The van der Waals surface area contributed by atoms with Gasteiger partial charge in [0.1, 0.15) is 0 Å². The summed E-state index contributed by atoms with van der Waals surface area (Å²) >= 11 is 0. The molecule has 120 valence electrons. The Balaban J connectivity index is 2.25. The molecular weight excluding hydrogens is 294 g/mol. The molecule has 1 aliphatic rings. The zero-order chi connectivity index (χ0) is 16.9. The highest BCUT2D eigenvalue weighted by molar-refractivity contribution is 6.25. The molecule has 0 saturated heterocycles. The fourth-order valence-corrected chi connectivity index (χ4v) is 3.27. The minimum atomic E-state index is -1.81. The van der Waals surface area contributed by atoms with Crippen LogP contribution in [-0.2, 0) is 0 Å². The molecule has 2 N–H and O–H groups in total. The summed E-state index contributed by atoms with van der Waals surface area (Å²) < 4.78 is 0. The number of benzene rings is 2. The summed E-state index contributed by atoms with van der Waals surface area (Å²) in [6.45, 7) is 5.29. The van der Waals surface area contributed by atoms with E-state index < -0.39 is 29.6 Å². The third kappa shape index (κ3) is 2.33. The number of aliphatic hydroxyl groups excluding tert-OH is 1. The van der Waals surface area contributed by atoms with E-state index in [2.05, 4.69) is 0 Å². The average Bonchev–Trinajstić information content (AvgIpc) is 2.47. The summed E-state index contributed by atoms with van der Waals surface area (Å²) in [6.07, 6.45) is -1.81. The molecule has 0 saturated carbocycles. The van der Waals surface area contributed by atoms with E-state index in [0.29, 0.717) is 16.5 Å². The van der Waals surface area contributed by atoms with Crippen LogP contribution in [0.4, 0.5) is 0 Å². The second-order valence-electron chi connectivity index (χ2n) is 6.91. The van der Waals surface area contributed by atoms with Crippen LogP contribution >= 0.6 is 0 Å². The molecule has 23 heavy (non-hydrogen) atoms. The third-order valence-corrected chi connectivity index (χ3v) is 4.25. The van der Waals surface area contributed by atoms with Gasteiger partial charge in [0.25, 0.3) is 11.8 Å². The first-order valence-corrected chi connectivity index (χ1v) is 7.49. The molecule has 0 aromatic heterocycles. The predicted octanol–water partition coefficient (Wildman–Crippen LogP) is 2.16. The quantitative estimate of drug-likeness (QED) is 0.658. The summed E-state index contributed by atoms with van der Waals surface area (Å²) in [5.41, 5.74) is 0.139. The van der Waals surface area contributed by atoms with Gasteiger partial charge >= 0.3 is 0 Å². The summed E-state index contributed by atoms with van der Waals surface area (Å²) in [7, 11) is 0. The third-order valence-electron chi connectivity index (χ3n) is 4.25. The van der Waals surface area contributed by atoms with Gasteiger partial charge < -0.3 is 10.2 Å². The topological polar surface area (TPSA) is 77.8 Å². The van der Waals surface area contributed by atoms with Crippen LogP contribution < -0.4 is 0 Å². The van der Waals surface area contributed by atoms with Gasteiger partial charge in [-0.05, 0) is 22.9 Å². The van der Waals surface area contributed by atoms with Crippen molar-refractivity contribution >= 4 is 22.6 Å². The summed E-state index contributed by atoms with van der Waals surface area (Å²) in [4.78, 5) is 26.8. The van der Waals surface area contributed by atoms with Crippen molar-refractivity contribution < 1.29 is 19.8 Å². The Morgan fingerprint density at radius 2 is 1.39 bits per heavy atom. The lowest BCUT2D eigenvalue weighted by molar-refractivity contribution is -0.115. The maximum Gasteiger partial charge on any atom is 0.261 e. The smallest absolute Gasteiger partial charge is 0.261 e. The highest BCUT2D eigenvalue weighted by Gasteiger charge is 2.45. The van der Waals surface area contributed by atoms with E-state index in [-0.39, 0.29) is 0 Å². The van der Waals surface area contributed by atoms with Crippen LogP contribution in [0.3, 0.4) is 0 Å². The van der Waals surface area contributed by atoms with E-state index in [0.717, 1.165) is 10.3 Å². The van der Waals surface area contributed by atoms with Crippen molar-refractivity contribution in [3.63, 3.8) is 0 Å². The van der Waals surface area contributed by atoms with Crippen LogP contribution in [0.25, 0.3) is 10.8 Å². The highest BCUT2D eigenvalue weighted by atomic mass is 16.5. The van der Waals surface area contributed by atoms with E-state index in [9.17, 15) is 19.8 Å². The van der Waals surface area contributed by atoms with Crippen LogP contribution in [0, 0.1) is 5.41 Å². The van der Waals surface area contributed by atoms with Crippen molar-refractivity contribution in [3.8, 4) is 0 Å². The summed E-state index contributed by atoms with van der Waals surface area (Å²) in [5.74, 6) is -0.986. The average molecular weight is 313 g/mol. The molecule has 2 aromatic carbocycles. The monoisotopic (exact) mass is 313 g/mol. The van der Waals surface area contributed by atoms with Crippen molar-refractivity contribution in [1.82, 2.24) is 4.90 Å². The number of imide groups is 1. The van der Waals surface area contributed by atoms with Gasteiger partial charge in [-0.3, -0.25) is 14.5 Å². The van der Waals surface area contributed by atoms with Gasteiger partial charge in [-0.25, -0.2) is 0 Å². The zero-order valence-electron chi connectivity index (χ0n) is 13.3. The van der Waals surface area contributed by atoms with E-state index in [4.69, 9.17) is 0 Å². The number of nitrogens with zero attached hydrogens (tertiary/aromatic N) is 1. The van der Waals surface area contributed by atoms with Crippen molar-refractivity contribution in [2.24, 2.45) is 5.41 Å². The number of hydrogen-bond acceptors (Lipinski definition) is 4. The zero-order valence-corrected chi connectivity index (χ0v) is 13.3. The fourth-order valence-electron chi connectivity index (χ4n) is 3.27. The first kappa shape index (κ1) is 15.6. The molecule has 5 heteroatoms. The molecular formula is C18H19NO4. The maximum atomic E-state index is 12.9. The normalized spacial score (nSPS) is 16.3. The molecule has 0 spiro atoms.